The van der Waals surface area contributed by atoms with E-state index in [1.54, 1.807) is 0 Å². The molecule has 0 saturated heterocycles. The Labute approximate surface area is 108 Å². The second kappa shape index (κ2) is 4.84. The van der Waals surface area contributed by atoms with Gasteiger partial charge in [-0.2, -0.15) is 0 Å². The number of anilines is 1. The quantitative estimate of drug-likeness (QED) is 0.895. The molecule has 1 unspecified atom stereocenters. The highest BCUT2D eigenvalue weighted by Crippen LogP contribution is 2.26. The second-order valence-electron chi connectivity index (χ2n) is 5.10. The van der Waals surface area contributed by atoms with Crippen LogP contribution in [0.25, 0.3) is 0 Å². The minimum Gasteiger partial charge on any atom is -0.385 e. The van der Waals surface area contributed by atoms with Gasteiger partial charge in [0.25, 0.3) is 0 Å². The Hall–Kier alpha value is -1.77. The first kappa shape index (κ1) is 11.3. The molecule has 2 aromatic rings. The summed E-state index contributed by atoms with van der Waals surface area (Å²) in [6, 6.07) is 8.63. The van der Waals surface area contributed by atoms with Crippen LogP contribution in [-0.4, -0.2) is 16.1 Å². The number of benzene rings is 1. The lowest BCUT2D eigenvalue weighted by Crippen LogP contribution is -2.23. The highest BCUT2D eigenvalue weighted by atomic mass is 15.0. The van der Waals surface area contributed by atoms with E-state index in [4.69, 9.17) is 0 Å². The summed E-state index contributed by atoms with van der Waals surface area (Å²) in [4.78, 5) is 4.39. The molecule has 0 fully saturated rings. The molecule has 1 aromatic heterocycles. The van der Waals surface area contributed by atoms with Crippen LogP contribution < -0.4 is 5.32 Å². The molecule has 3 heteroatoms. The van der Waals surface area contributed by atoms with Gasteiger partial charge in [-0.1, -0.05) is 18.2 Å². The summed E-state index contributed by atoms with van der Waals surface area (Å²) in [5.74, 6) is 1.91. The summed E-state index contributed by atoms with van der Waals surface area (Å²) >= 11 is 0. The molecule has 18 heavy (non-hydrogen) atoms. The van der Waals surface area contributed by atoms with Crippen molar-refractivity contribution >= 4 is 5.69 Å². The highest BCUT2D eigenvalue weighted by Gasteiger charge is 2.17. The van der Waals surface area contributed by atoms with E-state index in [2.05, 4.69) is 46.2 Å². The number of para-hydroxylation sites is 1. The molecular weight excluding hydrogens is 222 g/mol. The van der Waals surface area contributed by atoms with Crippen LogP contribution in [0.4, 0.5) is 5.69 Å². The Morgan fingerprint density at radius 1 is 1.39 bits per heavy atom. The minimum absolute atomic E-state index is 0.719. The maximum atomic E-state index is 4.39. The van der Waals surface area contributed by atoms with Crippen molar-refractivity contribution in [2.45, 2.75) is 19.3 Å². The minimum atomic E-state index is 0.719. The molecule has 2 heterocycles. The number of fused-ring (bicyclic) bond motifs is 1. The van der Waals surface area contributed by atoms with Crippen molar-refractivity contribution in [2.24, 2.45) is 13.0 Å². The van der Waals surface area contributed by atoms with Crippen molar-refractivity contribution in [1.82, 2.24) is 9.55 Å². The Balaban J connectivity index is 1.61. The number of aryl methyl sites for hydroxylation is 2. The number of nitrogens with zero attached hydrogens (tertiary/aromatic N) is 2. The predicted molar refractivity (Wildman–Crippen MR) is 73.7 cm³/mol. The molecule has 0 saturated carbocycles. The fourth-order valence-electron chi connectivity index (χ4n) is 2.68. The van der Waals surface area contributed by atoms with Crippen molar-refractivity contribution in [3.8, 4) is 0 Å². The van der Waals surface area contributed by atoms with E-state index in [9.17, 15) is 0 Å². The van der Waals surface area contributed by atoms with Crippen LogP contribution in [0.3, 0.4) is 0 Å². The molecule has 0 aliphatic carbocycles. The number of imidazole rings is 1. The third-order valence-electron chi connectivity index (χ3n) is 3.80. The van der Waals surface area contributed by atoms with Gasteiger partial charge in [-0.3, -0.25) is 0 Å². The summed E-state index contributed by atoms with van der Waals surface area (Å²) in [5, 5.41) is 3.53. The van der Waals surface area contributed by atoms with Crippen LogP contribution >= 0.6 is 0 Å². The zero-order valence-corrected chi connectivity index (χ0v) is 10.8. The lowest BCUT2D eigenvalue weighted by Gasteiger charge is -2.26. The SMILES string of the molecule is Cn1ccnc1CCC1CNc2ccccc2C1. The third kappa shape index (κ3) is 2.26. The first-order valence-corrected chi connectivity index (χ1v) is 6.61. The van der Waals surface area contributed by atoms with E-state index < -0.39 is 0 Å². The molecule has 1 atom stereocenters. The maximum absolute atomic E-state index is 4.39. The van der Waals surface area contributed by atoms with Gasteiger partial charge >= 0.3 is 0 Å². The van der Waals surface area contributed by atoms with E-state index in [1.165, 1.54) is 29.9 Å². The molecule has 3 nitrogen and oxygen atoms in total. The lowest BCUT2D eigenvalue weighted by molar-refractivity contribution is 0.486. The predicted octanol–water partition coefficient (Wildman–Crippen LogP) is 2.64. The molecule has 1 N–H and O–H groups in total. The van der Waals surface area contributed by atoms with Crippen LogP contribution in [0, 0.1) is 5.92 Å². The van der Waals surface area contributed by atoms with Crippen LogP contribution in [0.2, 0.25) is 0 Å². The monoisotopic (exact) mass is 241 g/mol. The first-order valence-electron chi connectivity index (χ1n) is 6.61. The number of hydrogen-bond acceptors (Lipinski definition) is 2. The van der Waals surface area contributed by atoms with Crippen LogP contribution in [0.15, 0.2) is 36.7 Å². The zero-order chi connectivity index (χ0) is 12.4. The van der Waals surface area contributed by atoms with Crippen LogP contribution in [0.1, 0.15) is 17.8 Å². The van der Waals surface area contributed by atoms with E-state index >= 15 is 0 Å². The van der Waals surface area contributed by atoms with Crippen molar-refractivity contribution in [3.05, 3.63) is 48.0 Å². The van der Waals surface area contributed by atoms with Crippen LogP contribution in [-0.2, 0) is 19.9 Å². The van der Waals surface area contributed by atoms with Gasteiger partial charge in [-0.25, -0.2) is 4.98 Å². The molecular formula is C15H19N3. The van der Waals surface area contributed by atoms with Crippen molar-refractivity contribution in [1.29, 1.82) is 0 Å². The largest absolute Gasteiger partial charge is 0.385 e. The molecule has 94 valence electrons. The molecule has 0 bridgehead atoms. The number of aromatic nitrogens is 2. The normalized spacial score (nSPS) is 18.2. The standard InChI is InChI=1S/C15H19N3/c1-18-9-8-16-15(18)7-6-12-10-13-4-2-3-5-14(13)17-11-12/h2-5,8-9,12,17H,6-7,10-11H2,1H3. The molecule has 1 aliphatic heterocycles. The molecule has 1 aromatic carbocycles. The summed E-state index contributed by atoms with van der Waals surface area (Å²) in [6.07, 6.45) is 7.35. The molecule has 3 rings (SSSR count). The highest BCUT2D eigenvalue weighted by molar-refractivity contribution is 5.53. The third-order valence-corrected chi connectivity index (χ3v) is 3.80. The van der Waals surface area contributed by atoms with E-state index in [1.807, 2.05) is 12.4 Å². The average molecular weight is 241 g/mol. The van der Waals surface area contributed by atoms with Gasteiger partial charge in [-0.15, -0.1) is 0 Å². The Morgan fingerprint density at radius 3 is 3.11 bits per heavy atom. The van der Waals surface area contributed by atoms with Crippen molar-refractivity contribution in [2.75, 3.05) is 11.9 Å². The number of hydrogen-bond donors (Lipinski definition) is 1. The Kier molecular flexibility index (Phi) is 3.05. The van der Waals surface area contributed by atoms with E-state index in [-0.39, 0.29) is 0 Å². The van der Waals surface area contributed by atoms with Crippen LogP contribution in [0.5, 0.6) is 0 Å². The topological polar surface area (TPSA) is 29.9 Å². The van der Waals surface area contributed by atoms with Gasteiger partial charge in [0.1, 0.15) is 5.82 Å². The Morgan fingerprint density at radius 2 is 2.28 bits per heavy atom. The number of rotatable bonds is 3. The molecule has 0 spiro atoms. The summed E-state index contributed by atoms with van der Waals surface area (Å²) in [7, 11) is 2.07. The number of nitrogens with one attached hydrogen (secondary N) is 1. The van der Waals surface area contributed by atoms with Gasteiger partial charge in [0.2, 0.25) is 0 Å². The molecule has 0 radical (unpaired) electrons. The smallest absolute Gasteiger partial charge is 0.108 e. The van der Waals surface area contributed by atoms with Gasteiger partial charge in [0, 0.05) is 38.1 Å². The van der Waals surface area contributed by atoms with Gasteiger partial charge in [-0.05, 0) is 30.4 Å². The van der Waals surface area contributed by atoms with Gasteiger partial charge in [0.05, 0.1) is 0 Å². The fourth-order valence-corrected chi connectivity index (χ4v) is 2.68. The second-order valence-corrected chi connectivity index (χ2v) is 5.10. The van der Waals surface area contributed by atoms with Gasteiger partial charge in [0.15, 0.2) is 0 Å². The zero-order valence-electron chi connectivity index (χ0n) is 10.8. The van der Waals surface area contributed by atoms with E-state index in [0.717, 1.165) is 18.9 Å². The Bertz CT molecular complexity index is 530. The molecule has 1 aliphatic rings. The maximum Gasteiger partial charge on any atom is 0.108 e. The first-order chi connectivity index (χ1) is 8.83. The average Bonchev–Trinajstić information content (AvgIpc) is 2.82. The van der Waals surface area contributed by atoms with E-state index in [0.29, 0.717) is 0 Å². The summed E-state index contributed by atoms with van der Waals surface area (Å²) in [5.41, 5.74) is 2.76. The summed E-state index contributed by atoms with van der Waals surface area (Å²) < 4.78 is 2.12. The van der Waals surface area contributed by atoms with Crippen molar-refractivity contribution in [3.63, 3.8) is 0 Å². The fraction of sp³-hybridized carbons (Fsp3) is 0.400. The summed E-state index contributed by atoms with van der Waals surface area (Å²) in [6.45, 7) is 1.08. The lowest BCUT2D eigenvalue weighted by atomic mass is 9.90. The molecule has 0 amide bonds. The van der Waals surface area contributed by atoms with Gasteiger partial charge < -0.3 is 9.88 Å². The van der Waals surface area contributed by atoms with Crippen molar-refractivity contribution < 1.29 is 0 Å².